The fourth-order valence-corrected chi connectivity index (χ4v) is 8.38. The lowest BCUT2D eigenvalue weighted by Crippen LogP contribution is -2.75. The summed E-state index contributed by atoms with van der Waals surface area (Å²) in [5.74, 6) is -4.96. The number of aliphatic hydroxyl groups excluding tert-OH is 1. The molecule has 3 fully saturated rings. The number of Topliss-reactive ketones (excluding diaryl/α,β-unsaturated/α-hetero) is 2. The van der Waals surface area contributed by atoms with Crippen molar-refractivity contribution in [2.45, 2.75) is 113 Å². The first kappa shape index (κ1) is 32.6. The SMILES string of the molecule is COc1c2c(c(O)c3c4c(c(C)cc13)[C@@H]1O[C@@]3(C(OC)OC)O[C@@H]1[C@@](O[C@H]1C[C@@H](O)[C@@](O)(C(C)=O)[C@H](C)O1)(O4)[C@]3(C)O)C(=O)CCC2. The highest BCUT2D eigenvalue weighted by atomic mass is 16.9. The summed E-state index contributed by atoms with van der Waals surface area (Å²) in [7, 11) is 4.19. The minimum atomic E-state index is -2.25. The van der Waals surface area contributed by atoms with Gasteiger partial charge in [-0.3, -0.25) is 9.59 Å². The largest absolute Gasteiger partial charge is 0.506 e. The van der Waals surface area contributed by atoms with Gasteiger partial charge >= 0.3 is 0 Å². The van der Waals surface area contributed by atoms with Gasteiger partial charge in [-0.05, 0) is 52.2 Å². The van der Waals surface area contributed by atoms with Crippen LogP contribution in [-0.2, 0) is 39.6 Å². The van der Waals surface area contributed by atoms with Crippen LogP contribution in [0.3, 0.4) is 0 Å². The highest BCUT2D eigenvalue weighted by molar-refractivity contribution is 6.11. The molecule has 2 aromatic carbocycles. The van der Waals surface area contributed by atoms with Crippen molar-refractivity contribution in [2.75, 3.05) is 21.3 Å². The number of carbonyl (C=O) groups is 2. The molecular weight excluding hydrogens is 620 g/mol. The molecule has 2 bridgehead atoms. The highest BCUT2D eigenvalue weighted by Crippen LogP contribution is 2.68. The lowest BCUT2D eigenvalue weighted by atomic mass is 9.76. The Morgan fingerprint density at radius 1 is 1.13 bits per heavy atom. The molecule has 4 N–H and O–H groups in total. The van der Waals surface area contributed by atoms with Crippen LogP contribution in [-0.4, -0.2) is 107 Å². The van der Waals surface area contributed by atoms with E-state index in [1.165, 1.54) is 35.2 Å². The zero-order valence-corrected chi connectivity index (χ0v) is 27.2. The number of phenols is 1. The van der Waals surface area contributed by atoms with Gasteiger partial charge in [-0.1, -0.05) is 0 Å². The number of phenolic OH excluding ortho intramolecular Hbond substituents is 1. The number of hydrogen-bond donors (Lipinski definition) is 4. The third-order valence-corrected chi connectivity index (χ3v) is 10.8. The molecule has 14 nitrogen and oxygen atoms in total. The maximum absolute atomic E-state index is 13.2. The maximum atomic E-state index is 13.2. The second-order valence-corrected chi connectivity index (χ2v) is 13.2. The lowest BCUT2D eigenvalue weighted by molar-refractivity contribution is -0.421. The Kier molecular flexibility index (Phi) is 7.31. The molecule has 0 amide bonds. The minimum Gasteiger partial charge on any atom is -0.506 e. The van der Waals surface area contributed by atoms with Crippen LogP contribution < -0.4 is 9.47 Å². The molecular formula is C33H40O14. The molecule has 256 valence electrons. The van der Waals surface area contributed by atoms with Crippen LogP contribution in [0.5, 0.6) is 17.2 Å². The summed E-state index contributed by atoms with van der Waals surface area (Å²) in [5, 5.41) is 46.9. The van der Waals surface area contributed by atoms with E-state index < -0.39 is 65.6 Å². The highest BCUT2D eigenvalue weighted by Gasteiger charge is 2.86. The Morgan fingerprint density at radius 2 is 1.83 bits per heavy atom. The smallest absolute Gasteiger partial charge is 0.276 e. The van der Waals surface area contributed by atoms with Gasteiger partial charge in [0.2, 0.25) is 6.29 Å². The number of fused-ring (bicyclic) bond motifs is 6. The monoisotopic (exact) mass is 660 g/mol. The lowest BCUT2D eigenvalue weighted by Gasteiger charge is -2.55. The second-order valence-electron chi connectivity index (χ2n) is 13.2. The second kappa shape index (κ2) is 10.5. The molecule has 0 unspecified atom stereocenters. The van der Waals surface area contributed by atoms with Crippen LogP contribution in [0.1, 0.15) is 73.2 Å². The van der Waals surface area contributed by atoms with E-state index in [2.05, 4.69) is 0 Å². The number of benzene rings is 2. The van der Waals surface area contributed by atoms with E-state index in [1.54, 1.807) is 0 Å². The van der Waals surface area contributed by atoms with Crippen LogP contribution in [0.2, 0.25) is 0 Å². The van der Waals surface area contributed by atoms with Gasteiger partial charge in [-0.25, -0.2) is 0 Å². The molecule has 0 radical (unpaired) electrons. The Labute approximate surface area is 270 Å². The predicted molar refractivity (Wildman–Crippen MR) is 159 cm³/mol. The van der Waals surface area contributed by atoms with Crippen molar-refractivity contribution >= 4 is 22.3 Å². The Bertz CT molecular complexity index is 1670. The Morgan fingerprint density at radius 3 is 2.45 bits per heavy atom. The Hall–Kier alpha value is -2.92. The van der Waals surface area contributed by atoms with Crippen molar-refractivity contribution in [1.29, 1.82) is 0 Å². The number of hydrogen-bond acceptors (Lipinski definition) is 14. The number of aliphatic hydroxyl groups is 3. The molecule has 0 saturated carbocycles. The van der Waals surface area contributed by atoms with Crippen molar-refractivity contribution in [3.63, 3.8) is 0 Å². The molecule has 3 saturated heterocycles. The van der Waals surface area contributed by atoms with E-state index in [1.807, 2.05) is 13.0 Å². The van der Waals surface area contributed by atoms with Gasteiger partial charge in [-0.2, -0.15) is 0 Å². The minimum absolute atomic E-state index is 0.0635. The summed E-state index contributed by atoms with van der Waals surface area (Å²) in [6, 6.07) is 1.82. The van der Waals surface area contributed by atoms with Crippen molar-refractivity contribution in [3.8, 4) is 17.2 Å². The summed E-state index contributed by atoms with van der Waals surface area (Å²) in [5.41, 5.74) is -2.57. The number of methoxy groups -OCH3 is 3. The van der Waals surface area contributed by atoms with Gasteiger partial charge < -0.3 is 58.3 Å². The van der Waals surface area contributed by atoms with Gasteiger partial charge in [0.05, 0.1) is 30.3 Å². The molecule has 14 heteroatoms. The quantitative estimate of drug-likeness (QED) is 0.315. The topological polar surface area (TPSA) is 189 Å². The zero-order valence-electron chi connectivity index (χ0n) is 27.2. The number of aromatic hydroxyl groups is 1. The molecule has 9 atom stereocenters. The van der Waals surface area contributed by atoms with Gasteiger partial charge in [0.25, 0.3) is 11.6 Å². The van der Waals surface area contributed by atoms with Crippen LogP contribution >= 0.6 is 0 Å². The van der Waals surface area contributed by atoms with Crippen molar-refractivity contribution < 1.29 is 67.9 Å². The van der Waals surface area contributed by atoms with Gasteiger partial charge in [0.15, 0.2) is 35.2 Å². The molecule has 4 aliphatic heterocycles. The standard InChI is InChI=1S/C33H40O14/c1-13-11-17-23(24(37)22-16(25(17)40-5)9-8-10-18(22)35)26-21(13)27-28-32(45-26,30(4,38)33(46-27,47-28)29(41-6)42-7)44-20-12-19(36)31(39,14(2)34)15(3)43-20/h11,15,19-20,27-29,36-39H,8-10,12H2,1-7H3/t15-,19+,20-,27-,28-,30-,31+,32+,33-/m0/s1. The van der Waals surface area contributed by atoms with Gasteiger partial charge in [-0.15, -0.1) is 0 Å². The average Bonchev–Trinajstić information content (AvgIpc) is 3.50. The summed E-state index contributed by atoms with van der Waals surface area (Å²) in [6.07, 6.45) is -6.63. The van der Waals surface area contributed by atoms with E-state index >= 15 is 0 Å². The van der Waals surface area contributed by atoms with Crippen molar-refractivity contribution in [2.24, 2.45) is 0 Å². The number of ether oxygens (including phenoxy) is 8. The average molecular weight is 661 g/mol. The molecule has 5 aliphatic rings. The van der Waals surface area contributed by atoms with Crippen molar-refractivity contribution in [1.82, 2.24) is 0 Å². The molecule has 1 aliphatic carbocycles. The molecule has 0 aromatic heterocycles. The first-order chi connectivity index (χ1) is 22.1. The van der Waals surface area contributed by atoms with E-state index in [-0.39, 0.29) is 41.1 Å². The van der Waals surface area contributed by atoms with Crippen LogP contribution in [0, 0.1) is 6.92 Å². The summed E-state index contributed by atoms with van der Waals surface area (Å²) in [4.78, 5) is 25.5. The zero-order chi connectivity index (χ0) is 34.0. The fourth-order valence-electron chi connectivity index (χ4n) is 8.38. The van der Waals surface area contributed by atoms with Crippen LogP contribution in [0.4, 0.5) is 0 Å². The molecule has 7 rings (SSSR count). The number of rotatable bonds is 7. The Balaban J connectivity index is 1.46. The van der Waals surface area contributed by atoms with Crippen molar-refractivity contribution in [3.05, 3.63) is 28.3 Å². The molecule has 4 heterocycles. The fraction of sp³-hybridized carbons (Fsp3) is 0.636. The predicted octanol–water partition coefficient (Wildman–Crippen LogP) is 1.84. The summed E-state index contributed by atoms with van der Waals surface area (Å²) < 4.78 is 49.2. The van der Waals surface area contributed by atoms with Gasteiger partial charge in [0.1, 0.15) is 23.4 Å². The maximum Gasteiger partial charge on any atom is 0.276 e. The third-order valence-electron chi connectivity index (χ3n) is 10.8. The number of carbonyl (C=O) groups excluding carboxylic acids is 2. The van der Waals surface area contributed by atoms with E-state index in [4.69, 9.17) is 37.9 Å². The summed E-state index contributed by atoms with van der Waals surface area (Å²) in [6.45, 7) is 5.76. The first-order valence-electron chi connectivity index (χ1n) is 15.6. The third kappa shape index (κ3) is 3.87. The van der Waals surface area contributed by atoms with Crippen LogP contribution in [0.15, 0.2) is 6.07 Å². The van der Waals surface area contributed by atoms with E-state index in [0.29, 0.717) is 40.7 Å². The summed E-state index contributed by atoms with van der Waals surface area (Å²) >= 11 is 0. The molecule has 0 spiro atoms. The normalized spacial score (nSPS) is 38.8. The number of ketones is 2. The number of aryl methyl sites for hydroxylation is 1. The van der Waals surface area contributed by atoms with E-state index in [9.17, 15) is 30.0 Å². The van der Waals surface area contributed by atoms with E-state index in [0.717, 1.165) is 6.92 Å². The van der Waals surface area contributed by atoms with Crippen LogP contribution in [0.25, 0.3) is 10.8 Å². The molecule has 47 heavy (non-hydrogen) atoms. The molecule has 2 aromatic rings. The first-order valence-corrected chi connectivity index (χ1v) is 15.6. The van der Waals surface area contributed by atoms with Gasteiger partial charge in [0, 0.05) is 43.6 Å².